The third-order valence-electron chi connectivity index (χ3n) is 2.21. The highest BCUT2D eigenvalue weighted by atomic mass is 16.4. The van der Waals surface area contributed by atoms with Crippen LogP contribution in [0.25, 0.3) is 22.9 Å². The summed E-state index contributed by atoms with van der Waals surface area (Å²) in [5, 5.41) is 0. The largest absolute Gasteiger partial charge is 0.441 e. The number of aryl methyl sites for hydroxylation is 1. The molecule has 0 aliphatic carbocycles. The van der Waals surface area contributed by atoms with E-state index in [1.807, 2.05) is 6.92 Å². The first-order chi connectivity index (χ1) is 7.72. The fourth-order valence-electron chi connectivity index (χ4n) is 1.49. The van der Waals surface area contributed by atoms with Crippen molar-refractivity contribution in [1.82, 2.24) is 9.97 Å². The second-order valence-corrected chi connectivity index (χ2v) is 3.54. The Balaban J connectivity index is 2.18. The molecule has 0 fully saturated rings. The zero-order valence-electron chi connectivity index (χ0n) is 8.60. The minimum atomic E-state index is 0.369. The van der Waals surface area contributed by atoms with Crippen molar-refractivity contribution in [2.75, 3.05) is 5.73 Å². The Morgan fingerprint density at radius 1 is 1.19 bits per heavy atom. The molecule has 0 saturated heterocycles. The molecule has 0 aliphatic heterocycles. The van der Waals surface area contributed by atoms with Gasteiger partial charge in [-0.3, -0.25) is 0 Å². The van der Waals surface area contributed by atoms with E-state index in [-0.39, 0.29) is 0 Å². The predicted octanol–water partition coefficient (Wildman–Crippen LogP) is 2.37. The third kappa shape index (κ3) is 1.33. The summed E-state index contributed by atoms with van der Waals surface area (Å²) < 4.78 is 10.7. The minimum absolute atomic E-state index is 0.369. The number of nitrogen functional groups attached to an aromatic ring is 1. The highest BCUT2D eigenvalue weighted by Gasteiger charge is 2.12. The van der Waals surface area contributed by atoms with Crippen LogP contribution in [0, 0.1) is 6.92 Å². The number of aromatic nitrogens is 2. The van der Waals surface area contributed by atoms with Gasteiger partial charge in [0.05, 0.1) is 5.69 Å². The highest BCUT2D eigenvalue weighted by molar-refractivity contribution is 5.78. The first kappa shape index (κ1) is 8.96. The third-order valence-corrected chi connectivity index (χ3v) is 2.21. The summed E-state index contributed by atoms with van der Waals surface area (Å²) in [6.07, 6.45) is 1.55. The lowest BCUT2D eigenvalue weighted by atomic mass is 10.3. The summed E-state index contributed by atoms with van der Waals surface area (Å²) in [4.78, 5) is 8.40. The molecule has 3 aromatic rings. The summed E-state index contributed by atoms with van der Waals surface area (Å²) in [5.74, 6) is 0.751. The van der Waals surface area contributed by atoms with Gasteiger partial charge in [0.2, 0.25) is 0 Å². The average Bonchev–Trinajstić information content (AvgIpc) is 2.83. The van der Waals surface area contributed by atoms with Crippen LogP contribution in [0.1, 0.15) is 5.69 Å². The maximum absolute atomic E-state index is 5.66. The summed E-state index contributed by atoms with van der Waals surface area (Å²) in [7, 11) is 0. The van der Waals surface area contributed by atoms with E-state index in [0.717, 1.165) is 5.69 Å². The number of benzene rings is 1. The molecule has 1 aromatic carbocycles. The van der Waals surface area contributed by atoms with Crippen molar-refractivity contribution < 1.29 is 8.83 Å². The van der Waals surface area contributed by atoms with Gasteiger partial charge >= 0.3 is 0 Å². The van der Waals surface area contributed by atoms with E-state index in [0.29, 0.717) is 28.6 Å². The number of hydrogen-bond acceptors (Lipinski definition) is 5. The maximum atomic E-state index is 5.66. The first-order valence-electron chi connectivity index (χ1n) is 4.81. The van der Waals surface area contributed by atoms with Gasteiger partial charge < -0.3 is 14.6 Å². The van der Waals surface area contributed by atoms with Crippen LogP contribution < -0.4 is 5.73 Å². The summed E-state index contributed by atoms with van der Waals surface area (Å²) in [6.45, 7) is 1.84. The number of oxazole rings is 2. The maximum Gasteiger partial charge on any atom is 0.284 e. The molecule has 2 N–H and O–H groups in total. The van der Waals surface area contributed by atoms with Crippen molar-refractivity contribution in [3.05, 3.63) is 30.2 Å². The van der Waals surface area contributed by atoms with E-state index in [1.54, 1.807) is 24.5 Å². The zero-order chi connectivity index (χ0) is 11.1. The van der Waals surface area contributed by atoms with Gasteiger partial charge in [-0.15, -0.1) is 0 Å². The van der Waals surface area contributed by atoms with Gasteiger partial charge in [-0.2, -0.15) is 0 Å². The van der Waals surface area contributed by atoms with Crippen molar-refractivity contribution in [3.8, 4) is 11.8 Å². The second-order valence-electron chi connectivity index (χ2n) is 3.54. The molecule has 2 heterocycles. The molecule has 2 aromatic heterocycles. The number of rotatable bonds is 1. The van der Waals surface area contributed by atoms with Gasteiger partial charge in [-0.1, -0.05) is 0 Å². The molecule has 3 rings (SSSR count). The molecule has 0 atom stereocenters. The van der Waals surface area contributed by atoms with E-state index in [2.05, 4.69) is 9.97 Å². The number of nitrogens with two attached hydrogens (primary N) is 1. The minimum Gasteiger partial charge on any atom is -0.441 e. The quantitative estimate of drug-likeness (QED) is 0.630. The molecule has 0 aliphatic rings. The lowest BCUT2D eigenvalue weighted by Crippen LogP contribution is -1.82. The molecule has 0 radical (unpaired) electrons. The molecular weight excluding hydrogens is 206 g/mol. The van der Waals surface area contributed by atoms with Gasteiger partial charge in [-0.25, -0.2) is 9.97 Å². The number of nitrogens with zero attached hydrogens (tertiary/aromatic N) is 2. The van der Waals surface area contributed by atoms with E-state index in [4.69, 9.17) is 14.6 Å². The molecular formula is C11H9N3O2. The summed E-state index contributed by atoms with van der Waals surface area (Å²) in [6, 6.07) is 5.28. The molecule has 5 nitrogen and oxygen atoms in total. The van der Waals surface area contributed by atoms with Crippen molar-refractivity contribution >= 4 is 16.8 Å². The Kier molecular flexibility index (Phi) is 1.73. The molecule has 0 unspecified atom stereocenters. The number of hydrogen-bond donors (Lipinski definition) is 1. The molecule has 80 valence electrons. The normalized spacial score (nSPS) is 11.1. The van der Waals surface area contributed by atoms with Crippen molar-refractivity contribution in [2.24, 2.45) is 0 Å². The first-order valence-corrected chi connectivity index (χ1v) is 4.81. The molecule has 16 heavy (non-hydrogen) atoms. The molecule has 0 spiro atoms. The topological polar surface area (TPSA) is 78.1 Å². The van der Waals surface area contributed by atoms with Gasteiger partial charge in [0.15, 0.2) is 5.58 Å². The fraction of sp³-hybridized carbons (Fsp3) is 0.0909. The van der Waals surface area contributed by atoms with Crippen LogP contribution in [0.3, 0.4) is 0 Å². The number of anilines is 1. The van der Waals surface area contributed by atoms with Crippen LogP contribution in [0.15, 0.2) is 33.3 Å². The monoisotopic (exact) mass is 215 g/mol. The zero-order valence-corrected chi connectivity index (χ0v) is 8.60. The Labute approximate surface area is 90.9 Å². The van der Waals surface area contributed by atoms with Gasteiger partial charge in [0.1, 0.15) is 11.8 Å². The van der Waals surface area contributed by atoms with E-state index in [1.165, 1.54) is 0 Å². The second kappa shape index (κ2) is 3.10. The van der Waals surface area contributed by atoms with E-state index < -0.39 is 0 Å². The SMILES string of the molecule is Cc1coc(-c2nc3cc(N)ccc3o2)n1. The number of fused-ring (bicyclic) bond motifs is 1. The predicted molar refractivity (Wildman–Crippen MR) is 58.7 cm³/mol. The van der Waals surface area contributed by atoms with E-state index in [9.17, 15) is 0 Å². The summed E-state index contributed by atoms with van der Waals surface area (Å²) in [5.41, 5.74) is 8.46. The Bertz CT molecular complexity index is 654. The lowest BCUT2D eigenvalue weighted by Gasteiger charge is -1.88. The van der Waals surface area contributed by atoms with Crippen LogP contribution in [-0.2, 0) is 0 Å². The van der Waals surface area contributed by atoms with Crippen LogP contribution in [0.5, 0.6) is 0 Å². The smallest absolute Gasteiger partial charge is 0.284 e. The van der Waals surface area contributed by atoms with Gasteiger partial charge in [0, 0.05) is 5.69 Å². The lowest BCUT2D eigenvalue weighted by molar-refractivity contribution is 0.526. The van der Waals surface area contributed by atoms with Crippen LogP contribution in [0.2, 0.25) is 0 Å². The average molecular weight is 215 g/mol. The van der Waals surface area contributed by atoms with Crippen molar-refractivity contribution in [1.29, 1.82) is 0 Å². The Morgan fingerprint density at radius 2 is 2.06 bits per heavy atom. The van der Waals surface area contributed by atoms with Crippen LogP contribution >= 0.6 is 0 Å². The summed E-state index contributed by atoms with van der Waals surface area (Å²) >= 11 is 0. The standard InChI is InChI=1S/C11H9N3O2/c1-6-5-15-10(13-6)11-14-8-4-7(12)2-3-9(8)16-11/h2-5H,12H2,1H3. The van der Waals surface area contributed by atoms with Crippen molar-refractivity contribution in [2.45, 2.75) is 6.92 Å². The fourth-order valence-corrected chi connectivity index (χ4v) is 1.49. The Morgan fingerprint density at radius 3 is 2.81 bits per heavy atom. The molecule has 5 heteroatoms. The Hall–Kier alpha value is -2.30. The van der Waals surface area contributed by atoms with Crippen molar-refractivity contribution in [3.63, 3.8) is 0 Å². The highest BCUT2D eigenvalue weighted by Crippen LogP contribution is 2.24. The van der Waals surface area contributed by atoms with Crippen LogP contribution in [0.4, 0.5) is 5.69 Å². The molecule has 0 saturated carbocycles. The van der Waals surface area contributed by atoms with Gasteiger partial charge in [-0.05, 0) is 25.1 Å². The van der Waals surface area contributed by atoms with Crippen LogP contribution in [-0.4, -0.2) is 9.97 Å². The van der Waals surface area contributed by atoms with E-state index >= 15 is 0 Å². The van der Waals surface area contributed by atoms with Gasteiger partial charge in [0.25, 0.3) is 11.8 Å². The molecule has 0 amide bonds. The molecule has 0 bridgehead atoms.